The molecule has 2 unspecified atom stereocenters. The molecular weight excluding hydrogens is 457 g/mol. The molecule has 35 heavy (non-hydrogen) atoms. The summed E-state index contributed by atoms with van der Waals surface area (Å²) in [7, 11) is 1.60. The highest BCUT2D eigenvalue weighted by Crippen LogP contribution is 2.38. The van der Waals surface area contributed by atoms with Crippen LogP contribution in [0.4, 0.5) is 9.18 Å². The third-order valence-corrected chi connectivity index (χ3v) is 6.22. The van der Waals surface area contributed by atoms with Gasteiger partial charge in [0.25, 0.3) is 5.91 Å². The molecule has 1 fully saturated rings. The van der Waals surface area contributed by atoms with Crippen LogP contribution in [-0.2, 0) is 16.0 Å². The van der Waals surface area contributed by atoms with Gasteiger partial charge in [0.2, 0.25) is 5.91 Å². The lowest BCUT2D eigenvalue weighted by atomic mass is 9.73. The molecule has 2 aliphatic heterocycles. The lowest BCUT2D eigenvalue weighted by Crippen LogP contribution is -2.59. The van der Waals surface area contributed by atoms with Gasteiger partial charge < -0.3 is 20.1 Å². The number of hydrogen-bond donors (Lipinski definition) is 2. The van der Waals surface area contributed by atoms with Crippen LogP contribution in [0.5, 0.6) is 5.75 Å². The first kappa shape index (κ1) is 24.1. The highest BCUT2D eigenvalue weighted by Gasteiger charge is 2.53. The molecule has 0 spiro atoms. The van der Waals surface area contributed by atoms with Crippen molar-refractivity contribution in [3.05, 3.63) is 60.2 Å². The van der Waals surface area contributed by atoms with Crippen LogP contribution in [0.3, 0.4) is 0 Å². The van der Waals surface area contributed by atoms with Crippen molar-refractivity contribution < 1.29 is 28.6 Å². The van der Waals surface area contributed by atoms with Crippen LogP contribution >= 0.6 is 0 Å². The molecule has 1 aromatic carbocycles. The normalized spacial score (nSPS) is 20.2. The van der Waals surface area contributed by atoms with Crippen molar-refractivity contribution in [3.8, 4) is 5.75 Å². The summed E-state index contributed by atoms with van der Waals surface area (Å²) in [5, 5.41) is 17.3. The first-order chi connectivity index (χ1) is 16.8. The molecular formula is C24H26FN5O5. The smallest absolute Gasteiger partial charge is 0.405 e. The van der Waals surface area contributed by atoms with Crippen molar-refractivity contribution in [1.82, 2.24) is 20.2 Å². The first-order valence-corrected chi connectivity index (χ1v) is 11.2. The minimum atomic E-state index is -1.36. The van der Waals surface area contributed by atoms with E-state index in [9.17, 15) is 23.9 Å². The Balaban J connectivity index is 1.50. The number of nitrogens with zero attached hydrogens (tertiary/aromatic N) is 4. The predicted octanol–water partition coefficient (Wildman–Crippen LogP) is 1.92. The van der Waals surface area contributed by atoms with Crippen molar-refractivity contribution in [3.63, 3.8) is 0 Å². The minimum absolute atomic E-state index is 0.0125. The van der Waals surface area contributed by atoms with E-state index in [4.69, 9.17) is 4.74 Å². The average Bonchev–Trinajstić information content (AvgIpc) is 3.07. The summed E-state index contributed by atoms with van der Waals surface area (Å²) >= 11 is 0. The Morgan fingerprint density at radius 1 is 1.29 bits per heavy atom. The molecule has 0 aliphatic carbocycles. The second-order valence-electron chi connectivity index (χ2n) is 8.61. The van der Waals surface area contributed by atoms with Crippen LogP contribution in [0.15, 0.2) is 53.9 Å². The topological polar surface area (TPSA) is 124 Å². The number of carbonyl (C=O) groups is 3. The van der Waals surface area contributed by atoms with Gasteiger partial charge in [0.15, 0.2) is 0 Å². The lowest BCUT2D eigenvalue weighted by Gasteiger charge is -2.40. The zero-order valence-electron chi connectivity index (χ0n) is 19.2. The molecule has 2 N–H and O–H groups in total. The number of pyridine rings is 1. The Morgan fingerprint density at radius 2 is 2.06 bits per heavy atom. The highest BCUT2D eigenvalue weighted by atomic mass is 19.1. The predicted molar refractivity (Wildman–Crippen MR) is 123 cm³/mol. The molecule has 2 atom stereocenters. The molecule has 10 nitrogen and oxygen atoms in total. The Labute approximate surface area is 201 Å². The summed E-state index contributed by atoms with van der Waals surface area (Å²) in [5.74, 6) is -1.05. The quantitative estimate of drug-likeness (QED) is 0.591. The largest absolute Gasteiger partial charge is 0.492 e. The Bertz CT molecular complexity index is 1140. The summed E-state index contributed by atoms with van der Waals surface area (Å²) in [4.78, 5) is 43.3. The van der Waals surface area contributed by atoms with Gasteiger partial charge >= 0.3 is 6.09 Å². The number of hydrazone groups is 1. The van der Waals surface area contributed by atoms with Gasteiger partial charge in [-0.15, -0.1) is 0 Å². The summed E-state index contributed by atoms with van der Waals surface area (Å²) in [6.45, 7) is 0.357. The minimum Gasteiger partial charge on any atom is -0.492 e. The number of carboxylic acid groups (broad SMARTS) is 1. The van der Waals surface area contributed by atoms with E-state index in [1.165, 1.54) is 16.1 Å². The number of rotatable bonds is 8. The van der Waals surface area contributed by atoms with Crippen LogP contribution in [-0.4, -0.2) is 76.4 Å². The number of halogens is 1. The first-order valence-electron chi connectivity index (χ1n) is 11.2. The molecule has 0 radical (unpaired) electrons. The highest BCUT2D eigenvalue weighted by molar-refractivity contribution is 6.13. The fraction of sp³-hybridized carbons (Fsp3) is 0.375. The molecule has 3 heterocycles. The van der Waals surface area contributed by atoms with Gasteiger partial charge in [-0.2, -0.15) is 5.10 Å². The Hall–Kier alpha value is -4.02. The standard InChI is InChI=1S/C24H26FN5O5/c1-29-22(32)24(12-16-5-3-2-4-6-16)15-30(9-7-20(24)28-29)21(31)19(27-23(33)34)8-10-35-18-11-17(25)13-26-14-18/h2-6,11,13-14,19,27H,7-10,12,15H2,1H3,(H,33,34). The van der Waals surface area contributed by atoms with E-state index in [1.807, 2.05) is 30.3 Å². The molecule has 3 amide bonds. The number of hydrogen-bond acceptors (Lipinski definition) is 6. The van der Waals surface area contributed by atoms with Crippen molar-refractivity contribution in [2.24, 2.45) is 10.5 Å². The summed E-state index contributed by atoms with van der Waals surface area (Å²) in [5.41, 5.74) is 0.666. The van der Waals surface area contributed by atoms with E-state index in [1.54, 1.807) is 7.05 Å². The molecule has 2 aliphatic rings. The maximum absolute atomic E-state index is 13.4. The number of amides is 3. The van der Waals surface area contributed by atoms with Crippen molar-refractivity contribution in [2.45, 2.75) is 25.3 Å². The van der Waals surface area contributed by atoms with Gasteiger partial charge in [-0.05, 0) is 12.0 Å². The number of carbonyl (C=O) groups excluding carboxylic acids is 2. The maximum Gasteiger partial charge on any atom is 0.405 e. The number of nitrogens with one attached hydrogen (secondary N) is 1. The molecule has 1 aromatic heterocycles. The SMILES string of the molecule is CN1N=C2CCN(C(=O)C(CCOc3cncc(F)c3)NC(=O)O)CC2(Cc2ccccc2)C1=O. The number of benzene rings is 1. The van der Waals surface area contributed by atoms with E-state index in [0.717, 1.165) is 23.5 Å². The van der Waals surface area contributed by atoms with E-state index < -0.39 is 29.3 Å². The molecule has 184 valence electrons. The van der Waals surface area contributed by atoms with Crippen LogP contribution in [0.2, 0.25) is 0 Å². The summed E-state index contributed by atoms with van der Waals surface area (Å²) < 4.78 is 18.8. The molecule has 1 saturated heterocycles. The monoisotopic (exact) mass is 483 g/mol. The second-order valence-corrected chi connectivity index (χ2v) is 8.61. The maximum atomic E-state index is 13.4. The second kappa shape index (κ2) is 10.1. The zero-order chi connectivity index (χ0) is 25.0. The third kappa shape index (κ3) is 5.23. The van der Waals surface area contributed by atoms with Crippen molar-refractivity contribution in [1.29, 1.82) is 0 Å². The fourth-order valence-electron chi connectivity index (χ4n) is 4.61. The van der Waals surface area contributed by atoms with E-state index in [0.29, 0.717) is 19.4 Å². The number of aromatic nitrogens is 1. The fourth-order valence-corrected chi connectivity index (χ4v) is 4.61. The van der Waals surface area contributed by atoms with Gasteiger partial charge in [0.05, 0.1) is 24.7 Å². The molecule has 4 rings (SSSR count). The van der Waals surface area contributed by atoms with Crippen LogP contribution in [0.1, 0.15) is 18.4 Å². The Morgan fingerprint density at radius 3 is 2.77 bits per heavy atom. The van der Waals surface area contributed by atoms with Gasteiger partial charge in [-0.3, -0.25) is 14.6 Å². The average molecular weight is 484 g/mol. The third-order valence-electron chi connectivity index (χ3n) is 6.22. The van der Waals surface area contributed by atoms with Crippen LogP contribution in [0.25, 0.3) is 0 Å². The van der Waals surface area contributed by atoms with Gasteiger partial charge in [-0.25, -0.2) is 14.2 Å². The molecule has 0 saturated carbocycles. The van der Waals surface area contributed by atoms with E-state index in [2.05, 4.69) is 15.4 Å². The van der Waals surface area contributed by atoms with Gasteiger partial charge in [0, 0.05) is 39.0 Å². The van der Waals surface area contributed by atoms with Gasteiger partial charge in [-0.1, -0.05) is 30.3 Å². The number of fused-ring (bicyclic) bond motifs is 1. The van der Waals surface area contributed by atoms with Gasteiger partial charge in [0.1, 0.15) is 23.0 Å². The number of likely N-dealkylation sites (tertiary alicyclic amines) is 1. The zero-order valence-corrected chi connectivity index (χ0v) is 19.2. The molecule has 11 heteroatoms. The molecule has 2 aromatic rings. The van der Waals surface area contributed by atoms with Crippen LogP contribution < -0.4 is 10.1 Å². The molecule has 0 bridgehead atoms. The summed E-state index contributed by atoms with van der Waals surface area (Å²) in [6.07, 6.45) is 1.80. The van der Waals surface area contributed by atoms with Crippen LogP contribution in [0, 0.1) is 11.2 Å². The summed E-state index contributed by atoms with van der Waals surface area (Å²) in [6, 6.07) is 9.56. The Kier molecular flexibility index (Phi) is 6.94. The van der Waals surface area contributed by atoms with Crippen molar-refractivity contribution in [2.75, 3.05) is 26.7 Å². The van der Waals surface area contributed by atoms with E-state index >= 15 is 0 Å². The lowest BCUT2D eigenvalue weighted by molar-refractivity contribution is -0.140. The number of piperidine rings is 1. The van der Waals surface area contributed by atoms with E-state index in [-0.39, 0.29) is 31.2 Å². The number of ether oxygens (including phenoxy) is 1. The van der Waals surface area contributed by atoms with Crippen molar-refractivity contribution >= 4 is 23.6 Å².